The molecule has 1 N–H and O–H groups in total. The molecule has 0 saturated heterocycles. The first-order valence-electron chi connectivity index (χ1n) is 11.0. The number of carbonyl (C=O) groups is 2. The highest BCUT2D eigenvalue weighted by atomic mass is 32.2. The van der Waals surface area contributed by atoms with Crippen LogP contribution in [-0.2, 0) is 14.5 Å². The van der Waals surface area contributed by atoms with Crippen molar-refractivity contribution in [3.63, 3.8) is 0 Å². The summed E-state index contributed by atoms with van der Waals surface area (Å²) in [6, 6.07) is 3.30. The van der Waals surface area contributed by atoms with E-state index in [9.17, 15) is 50.7 Å². The fraction of sp³-hybridized carbons (Fsp3) is 0.333. The van der Waals surface area contributed by atoms with Gasteiger partial charge in [-0.1, -0.05) is 25.1 Å². The third-order valence-corrected chi connectivity index (χ3v) is 7.79. The molecule has 0 spiro atoms. The van der Waals surface area contributed by atoms with Gasteiger partial charge in [0.15, 0.2) is 0 Å². The summed E-state index contributed by atoms with van der Waals surface area (Å²) >= 11 is 0. The Balaban J connectivity index is 2.21. The van der Waals surface area contributed by atoms with Crippen LogP contribution in [0.25, 0.3) is 0 Å². The van der Waals surface area contributed by atoms with Crippen LogP contribution in [0.3, 0.4) is 0 Å². The first kappa shape index (κ1) is 29.4. The fourth-order valence-electron chi connectivity index (χ4n) is 4.18. The molecular formula is C24H19F6N5O3S. The molecule has 0 saturated carbocycles. The zero-order chi connectivity index (χ0) is 29.5. The summed E-state index contributed by atoms with van der Waals surface area (Å²) in [6.07, 6.45) is -6.42. The molecule has 0 aromatic heterocycles. The molecule has 39 heavy (non-hydrogen) atoms. The highest BCUT2D eigenvalue weighted by Crippen LogP contribution is 2.39. The van der Waals surface area contributed by atoms with Crippen molar-refractivity contribution in [2.45, 2.75) is 43.2 Å². The molecule has 4 atom stereocenters. The summed E-state index contributed by atoms with van der Waals surface area (Å²) in [6.45, 7) is 2.87. The van der Waals surface area contributed by atoms with Gasteiger partial charge in [-0.3, -0.25) is 9.69 Å². The van der Waals surface area contributed by atoms with Gasteiger partial charge in [0, 0.05) is 12.0 Å². The number of allylic oxidation sites excluding steroid dienone is 3. The van der Waals surface area contributed by atoms with Crippen molar-refractivity contribution in [3.8, 4) is 12.1 Å². The average molecular weight is 572 g/mol. The number of hydrogen-bond acceptors (Lipinski definition) is 5. The van der Waals surface area contributed by atoms with Gasteiger partial charge in [0.05, 0.1) is 55.6 Å². The van der Waals surface area contributed by atoms with Gasteiger partial charge < -0.3 is 5.32 Å². The molecule has 206 valence electrons. The third kappa shape index (κ3) is 5.83. The van der Waals surface area contributed by atoms with E-state index in [1.807, 2.05) is 6.07 Å². The summed E-state index contributed by atoms with van der Waals surface area (Å²) < 4.78 is 94.7. The summed E-state index contributed by atoms with van der Waals surface area (Å²) in [5.74, 6) is -3.23. The van der Waals surface area contributed by atoms with E-state index in [0.717, 1.165) is 35.4 Å². The van der Waals surface area contributed by atoms with Gasteiger partial charge >= 0.3 is 24.3 Å². The summed E-state index contributed by atoms with van der Waals surface area (Å²) in [7, 11) is -4.17. The van der Waals surface area contributed by atoms with Gasteiger partial charge in [-0.15, -0.1) is 4.36 Å². The molecule has 1 aliphatic carbocycles. The predicted octanol–water partition coefficient (Wildman–Crippen LogP) is 5.03. The second-order valence-corrected chi connectivity index (χ2v) is 11.0. The number of alkyl halides is 6. The lowest BCUT2D eigenvalue weighted by atomic mass is 9.89. The molecule has 3 rings (SSSR count). The number of carbonyl (C=O) groups excluding carboxylic acids is 2. The van der Waals surface area contributed by atoms with Gasteiger partial charge in [0.25, 0.3) is 0 Å². The number of nitrogens with zero attached hydrogens (tertiary/aromatic N) is 4. The molecule has 0 fully saturated rings. The van der Waals surface area contributed by atoms with E-state index in [0.29, 0.717) is 0 Å². The lowest BCUT2D eigenvalue weighted by Gasteiger charge is -2.41. The number of rotatable bonds is 3. The number of nitriles is 2. The normalized spacial score (nSPS) is 23.3. The smallest absolute Gasteiger partial charge is 0.326 e. The SMILES string of the molecule is CC1=C(C#N)[C@@H](c2ccc(C#N)cc2[S@@](C)(=O)=NC(=O)C(F)(F)F)NC(=O)N1C1C=C(C(F)(F)F)C=CC1C. The molecule has 0 bridgehead atoms. The largest absolute Gasteiger partial charge is 0.474 e. The molecular weight excluding hydrogens is 552 g/mol. The quantitative estimate of drug-likeness (QED) is 0.510. The second-order valence-electron chi connectivity index (χ2n) is 8.75. The Morgan fingerprint density at radius 1 is 1.15 bits per heavy atom. The molecule has 0 radical (unpaired) electrons. The van der Waals surface area contributed by atoms with Crippen molar-refractivity contribution in [1.82, 2.24) is 10.2 Å². The molecule has 2 aliphatic rings. The molecule has 1 aliphatic heterocycles. The maximum Gasteiger partial charge on any atom is 0.474 e. The fourth-order valence-corrected chi connectivity index (χ4v) is 5.67. The van der Waals surface area contributed by atoms with Crippen LogP contribution in [0.4, 0.5) is 31.1 Å². The van der Waals surface area contributed by atoms with Crippen LogP contribution in [0, 0.1) is 28.6 Å². The van der Waals surface area contributed by atoms with Gasteiger partial charge in [0.1, 0.15) is 0 Å². The van der Waals surface area contributed by atoms with Crippen LogP contribution in [-0.4, -0.2) is 45.7 Å². The Morgan fingerprint density at radius 3 is 2.33 bits per heavy atom. The minimum absolute atomic E-state index is 0.0580. The Bertz CT molecular complexity index is 1530. The van der Waals surface area contributed by atoms with Crippen LogP contribution in [0.15, 0.2) is 62.5 Å². The van der Waals surface area contributed by atoms with Gasteiger partial charge in [0.2, 0.25) is 0 Å². The van der Waals surface area contributed by atoms with Crippen molar-refractivity contribution in [1.29, 1.82) is 10.5 Å². The first-order chi connectivity index (χ1) is 17.9. The van der Waals surface area contributed by atoms with E-state index >= 15 is 0 Å². The molecule has 2 unspecified atom stereocenters. The van der Waals surface area contributed by atoms with Crippen molar-refractivity contribution in [3.05, 3.63) is 64.4 Å². The monoisotopic (exact) mass is 571 g/mol. The van der Waals surface area contributed by atoms with Crippen LogP contribution in [0.1, 0.15) is 31.0 Å². The first-order valence-corrected chi connectivity index (χ1v) is 12.9. The maximum atomic E-state index is 13.4. The molecule has 3 amide bonds. The zero-order valence-electron chi connectivity index (χ0n) is 20.4. The van der Waals surface area contributed by atoms with Crippen LogP contribution >= 0.6 is 0 Å². The Hall–Kier alpha value is -4.11. The summed E-state index contributed by atoms with van der Waals surface area (Å²) in [4.78, 5) is 25.2. The van der Waals surface area contributed by atoms with E-state index in [-0.39, 0.29) is 22.4 Å². The number of amides is 3. The molecule has 1 heterocycles. The van der Waals surface area contributed by atoms with Crippen LogP contribution < -0.4 is 5.32 Å². The minimum Gasteiger partial charge on any atom is -0.326 e. The number of nitrogens with one attached hydrogen (secondary N) is 1. The van der Waals surface area contributed by atoms with Crippen molar-refractivity contribution < 1.29 is 40.1 Å². The number of hydrogen-bond donors (Lipinski definition) is 1. The summed E-state index contributed by atoms with van der Waals surface area (Å²) in [5, 5.41) is 21.6. The van der Waals surface area contributed by atoms with Crippen molar-refractivity contribution >= 4 is 21.7 Å². The molecule has 1 aromatic carbocycles. The minimum atomic E-state index is -5.44. The molecule has 8 nitrogen and oxygen atoms in total. The molecule has 15 heteroatoms. The number of halogens is 6. The van der Waals surface area contributed by atoms with E-state index in [1.165, 1.54) is 19.1 Å². The third-order valence-electron chi connectivity index (χ3n) is 6.10. The maximum absolute atomic E-state index is 13.4. The van der Waals surface area contributed by atoms with Crippen LogP contribution in [0.5, 0.6) is 0 Å². The Morgan fingerprint density at radius 2 is 1.79 bits per heavy atom. The van der Waals surface area contributed by atoms with Gasteiger partial charge in [-0.2, -0.15) is 36.9 Å². The average Bonchev–Trinajstić information content (AvgIpc) is 2.82. The second kappa shape index (κ2) is 10.2. The van der Waals surface area contributed by atoms with Crippen molar-refractivity contribution in [2.75, 3.05) is 6.26 Å². The van der Waals surface area contributed by atoms with Crippen LogP contribution in [0.2, 0.25) is 0 Å². The van der Waals surface area contributed by atoms with E-state index < -0.39 is 62.5 Å². The van der Waals surface area contributed by atoms with Gasteiger partial charge in [-0.25, -0.2) is 9.00 Å². The zero-order valence-corrected chi connectivity index (χ0v) is 21.2. The van der Waals surface area contributed by atoms with Crippen molar-refractivity contribution in [2.24, 2.45) is 10.3 Å². The van der Waals surface area contributed by atoms with E-state index in [4.69, 9.17) is 0 Å². The number of urea groups is 1. The highest BCUT2D eigenvalue weighted by Gasteiger charge is 2.43. The van der Waals surface area contributed by atoms with E-state index in [1.54, 1.807) is 13.0 Å². The standard InChI is InChI=1S/C24H19F6N5O3S/c1-12-4-6-15(23(25,26)27)9-18(12)35-13(2)17(11-32)20(33-22(35)37)16-7-5-14(10-31)8-19(16)39(3,38)34-21(36)24(28,29)30/h4-9,12,18,20H,1-3H3,(H,33,37)/t12?,18?,20-,39-/m1/s1. The topological polar surface area (TPSA) is 126 Å². The Labute approximate surface area is 219 Å². The van der Waals surface area contributed by atoms with E-state index in [2.05, 4.69) is 9.68 Å². The summed E-state index contributed by atoms with van der Waals surface area (Å²) in [5.41, 5.74) is -1.62. The lowest BCUT2D eigenvalue weighted by molar-refractivity contribution is -0.169. The Kier molecular flexibility index (Phi) is 7.72. The van der Waals surface area contributed by atoms with Gasteiger partial charge in [-0.05, 0) is 36.6 Å². The number of benzene rings is 1. The highest BCUT2D eigenvalue weighted by molar-refractivity contribution is 7.93. The lowest BCUT2D eigenvalue weighted by Crippen LogP contribution is -2.52. The predicted molar refractivity (Wildman–Crippen MR) is 125 cm³/mol. The molecule has 1 aromatic rings.